The van der Waals surface area contributed by atoms with Crippen LogP contribution in [0.1, 0.15) is 40.9 Å². The van der Waals surface area contributed by atoms with Crippen molar-refractivity contribution in [3.63, 3.8) is 0 Å². The molecule has 1 aliphatic heterocycles. The third kappa shape index (κ3) is 5.09. The second kappa shape index (κ2) is 9.70. The molecule has 0 spiro atoms. The SMILES string of the molecule is Cc1cccc(C(=O)Cc2ccc(C)c(Oc3nc(N4CC(C)OC(C)C4)nc4nn(C)cc34)c2)c1. The van der Waals surface area contributed by atoms with Crippen molar-refractivity contribution in [2.75, 3.05) is 18.0 Å². The van der Waals surface area contributed by atoms with Crippen molar-refractivity contribution < 1.29 is 14.3 Å². The summed E-state index contributed by atoms with van der Waals surface area (Å²) in [4.78, 5) is 24.5. The van der Waals surface area contributed by atoms with Crippen molar-refractivity contribution in [2.24, 2.45) is 7.05 Å². The van der Waals surface area contributed by atoms with Gasteiger partial charge in [0.15, 0.2) is 11.4 Å². The van der Waals surface area contributed by atoms with Crippen molar-refractivity contribution in [1.82, 2.24) is 19.7 Å². The summed E-state index contributed by atoms with van der Waals surface area (Å²) in [5, 5.41) is 5.24. The molecule has 0 N–H and O–H groups in total. The van der Waals surface area contributed by atoms with E-state index in [1.807, 2.05) is 83.4 Å². The monoisotopic (exact) mass is 485 g/mol. The lowest BCUT2D eigenvalue weighted by Crippen LogP contribution is -2.46. The van der Waals surface area contributed by atoms with Gasteiger partial charge in [-0.05, 0) is 51.0 Å². The summed E-state index contributed by atoms with van der Waals surface area (Å²) in [5.74, 6) is 1.74. The number of ether oxygens (including phenoxy) is 2. The number of anilines is 1. The van der Waals surface area contributed by atoms with Gasteiger partial charge in [0.1, 0.15) is 11.1 Å². The van der Waals surface area contributed by atoms with Crippen LogP contribution in [0.4, 0.5) is 5.95 Å². The van der Waals surface area contributed by atoms with Gasteiger partial charge in [-0.1, -0.05) is 35.9 Å². The molecular weight excluding hydrogens is 454 g/mol. The minimum absolute atomic E-state index is 0.0723. The second-order valence-corrected chi connectivity index (χ2v) is 9.70. The number of hydrogen-bond acceptors (Lipinski definition) is 7. The fraction of sp³-hybridized carbons (Fsp3) is 0.357. The minimum atomic E-state index is 0.0723. The van der Waals surface area contributed by atoms with Crippen LogP contribution < -0.4 is 9.64 Å². The van der Waals surface area contributed by atoms with Crippen LogP contribution in [-0.4, -0.2) is 50.8 Å². The molecule has 0 saturated carbocycles. The standard InChI is InChI=1S/C28H31N5O3/c1-17-7-6-8-22(11-17)24(34)12-21-10-9-18(2)25(13-21)36-27-23-16-32(5)31-26(23)29-28(30-27)33-14-19(3)35-20(4)15-33/h6-11,13,16,19-20H,12,14-15H2,1-5H3. The van der Waals surface area contributed by atoms with Gasteiger partial charge in [-0.25, -0.2) is 0 Å². The van der Waals surface area contributed by atoms with E-state index in [0.29, 0.717) is 48.3 Å². The van der Waals surface area contributed by atoms with E-state index >= 15 is 0 Å². The maximum Gasteiger partial charge on any atom is 0.235 e. The molecule has 8 nitrogen and oxygen atoms in total. The number of benzene rings is 2. The summed E-state index contributed by atoms with van der Waals surface area (Å²) in [7, 11) is 1.85. The van der Waals surface area contributed by atoms with Gasteiger partial charge in [0, 0.05) is 38.3 Å². The van der Waals surface area contributed by atoms with Gasteiger partial charge in [0.05, 0.1) is 12.2 Å². The maximum absolute atomic E-state index is 12.9. The van der Waals surface area contributed by atoms with Crippen LogP contribution in [-0.2, 0) is 18.2 Å². The number of rotatable bonds is 6. The summed E-state index contributed by atoms with van der Waals surface area (Å²) in [6, 6.07) is 13.5. The van der Waals surface area contributed by atoms with Gasteiger partial charge < -0.3 is 14.4 Å². The normalized spacial score (nSPS) is 18.0. The van der Waals surface area contributed by atoms with Crippen molar-refractivity contribution in [3.05, 3.63) is 70.9 Å². The summed E-state index contributed by atoms with van der Waals surface area (Å²) < 4.78 is 14.0. The van der Waals surface area contributed by atoms with Crippen molar-refractivity contribution in [1.29, 1.82) is 0 Å². The fourth-order valence-electron chi connectivity index (χ4n) is 4.62. The van der Waals surface area contributed by atoms with E-state index in [1.165, 1.54) is 0 Å². The van der Waals surface area contributed by atoms with Gasteiger partial charge in [-0.3, -0.25) is 9.48 Å². The summed E-state index contributed by atoms with van der Waals surface area (Å²) in [5.41, 5.74) is 4.19. The van der Waals surface area contributed by atoms with E-state index in [4.69, 9.17) is 19.4 Å². The average molecular weight is 486 g/mol. The van der Waals surface area contributed by atoms with Crippen LogP contribution in [0.25, 0.3) is 11.0 Å². The molecular formula is C28H31N5O3. The van der Waals surface area contributed by atoms with Gasteiger partial charge in [0.2, 0.25) is 11.8 Å². The molecule has 2 aromatic heterocycles. The van der Waals surface area contributed by atoms with E-state index in [0.717, 1.165) is 22.1 Å². The molecule has 1 aliphatic rings. The second-order valence-electron chi connectivity index (χ2n) is 9.70. The number of nitrogens with zero attached hydrogens (tertiary/aromatic N) is 5. The molecule has 8 heteroatoms. The number of carbonyl (C=O) groups excluding carboxylic acids is 1. The number of aromatic nitrogens is 4. The number of Topliss-reactive ketones (excluding diaryl/α,β-unsaturated/α-hetero) is 1. The zero-order valence-electron chi connectivity index (χ0n) is 21.4. The zero-order valence-corrected chi connectivity index (χ0v) is 21.4. The van der Waals surface area contributed by atoms with Crippen molar-refractivity contribution in [3.8, 4) is 11.6 Å². The molecule has 5 rings (SSSR count). The Morgan fingerprint density at radius 2 is 1.86 bits per heavy atom. The molecule has 1 saturated heterocycles. The number of ketones is 1. The highest BCUT2D eigenvalue weighted by molar-refractivity contribution is 5.97. The van der Waals surface area contributed by atoms with Gasteiger partial charge in [-0.2, -0.15) is 15.1 Å². The van der Waals surface area contributed by atoms with Gasteiger partial charge in [-0.15, -0.1) is 0 Å². The highest BCUT2D eigenvalue weighted by Crippen LogP contribution is 2.32. The summed E-state index contributed by atoms with van der Waals surface area (Å²) in [6.45, 7) is 9.45. The molecule has 2 atom stereocenters. The van der Waals surface area contributed by atoms with Crippen molar-refractivity contribution >= 4 is 22.8 Å². The fourth-order valence-corrected chi connectivity index (χ4v) is 4.62. The minimum Gasteiger partial charge on any atom is -0.438 e. The Morgan fingerprint density at radius 3 is 2.61 bits per heavy atom. The van der Waals surface area contributed by atoms with Crippen LogP contribution in [0.2, 0.25) is 0 Å². The van der Waals surface area contributed by atoms with E-state index in [-0.39, 0.29) is 18.0 Å². The van der Waals surface area contributed by atoms with Crippen LogP contribution in [0, 0.1) is 13.8 Å². The van der Waals surface area contributed by atoms with E-state index in [1.54, 1.807) is 4.68 Å². The molecule has 0 bridgehead atoms. The first-order valence-corrected chi connectivity index (χ1v) is 12.2. The molecule has 36 heavy (non-hydrogen) atoms. The number of morpholine rings is 1. The lowest BCUT2D eigenvalue weighted by atomic mass is 10.0. The number of fused-ring (bicyclic) bond motifs is 1. The quantitative estimate of drug-likeness (QED) is 0.363. The average Bonchev–Trinajstić information content (AvgIpc) is 3.21. The predicted molar refractivity (Wildman–Crippen MR) is 139 cm³/mol. The smallest absolute Gasteiger partial charge is 0.235 e. The number of aryl methyl sites for hydroxylation is 3. The van der Waals surface area contributed by atoms with E-state index < -0.39 is 0 Å². The largest absolute Gasteiger partial charge is 0.438 e. The van der Waals surface area contributed by atoms with Crippen LogP contribution in [0.15, 0.2) is 48.7 Å². The maximum atomic E-state index is 12.9. The van der Waals surface area contributed by atoms with Crippen molar-refractivity contribution in [2.45, 2.75) is 46.3 Å². The molecule has 1 fully saturated rings. The van der Waals surface area contributed by atoms with Crippen LogP contribution in [0.3, 0.4) is 0 Å². The van der Waals surface area contributed by atoms with Gasteiger partial charge in [0.25, 0.3) is 0 Å². The van der Waals surface area contributed by atoms with Gasteiger partial charge >= 0.3 is 0 Å². The number of carbonyl (C=O) groups is 1. The lowest BCUT2D eigenvalue weighted by molar-refractivity contribution is -0.00573. The molecule has 2 unspecified atom stereocenters. The van der Waals surface area contributed by atoms with Crippen LogP contribution in [0.5, 0.6) is 11.6 Å². The summed E-state index contributed by atoms with van der Waals surface area (Å²) >= 11 is 0. The van der Waals surface area contributed by atoms with Crippen LogP contribution >= 0.6 is 0 Å². The molecule has 0 aliphatic carbocycles. The first kappa shape index (κ1) is 23.9. The highest BCUT2D eigenvalue weighted by Gasteiger charge is 2.26. The molecule has 186 valence electrons. The molecule has 4 aromatic rings. The Labute approximate surface area is 210 Å². The first-order valence-electron chi connectivity index (χ1n) is 12.2. The lowest BCUT2D eigenvalue weighted by Gasteiger charge is -2.35. The Balaban J connectivity index is 1.46. The first-order chi connectivity index (χ1) is 17.2. The third-order valence-electron chi connectivity index (χ3n) is 6.31. The Morgan fingerprint density at radius 1 is 1.08 bits per heavy atom. The molecule has 0 radical (unpaired) electrons. The number of hydrogen-bond donors (Lipinski definition) is 0. The molecule has 2 aromatic carbocycles. The van der Waals surface area contributed by atoms with E-state index in [9.17, 15) is 4.79 Å². The molecule has 0 amide bonds. The summed E-state index contributed by atoms with van der Waals surface area (Å²) in [6.07, 6.45) is 2.30. The Bertz CT molecular complexity index is 1420. The zero-order chi connectivity index (χ0) is 25.4. The third-order valence-corrected chi connectivity index (χ3v) is 6.31. The highest BCUT2D eigenvalue weighted by atomic mass is 16.5. The van der Waals surface area contributed by atoms with E-state index in [2.05, 4.69) is 10.00 Å². The Hall–Kier alpha value is -3.78. The topological polar surface area (TPSA) is 82.4 Å². The predicted octanol–water partition coefficient (Wildman–Crippen LogP) is 4.81. The Kier molecular flexibility index (Phi) is 6.45. The molecule has 3 heterocycles.